The summed E-state index contributed by atoms with van der Waals surface area (Å²) < 4.78 is 1.66. The molecule has 1 aliphatic heterocycles. The summed E-state index contributed by atoms with van der Waals surface area (Å²) in [5, 5.41) is 25.2. The van der Waals surface area contributed by atoms with E-state index in [1.807, 2.05) is 30.3 Å². The molecule has 0 spiro atoms. The number of benzene rings is 1. The molecule has 1 atom stereocenters. The van der Waals surface area contributed by atoms with E-state index in [9.17, 15) is 9.90 Å². The number of nitrogens with one attached hydrogen (secondary N) is 1. The van der Waals surface area contributed by atoms with Gasteiger partial charge in [-0.05, 0) is 18.2 Å². The lowest BCUT2D eigenvalue weighted by molar-refractivity contribution is 0.0380. The van der Waals surface area contributed by atoms with Gasteiger partial charge in [0.25, 0.3) is 5.91 Å². The zero-order valence-electron chi connectivity index (χ0n) is 12.8. The predicted molar refractivity (Wildman–Crippen MR) is 84.4 cm³/mol. The van der Waals surface area contributed by atoms with Crippen LogP contribution >= 0.6 is 0 Å². The van der Waals surface area contributed by atoms with E-state index in [1.54, 1.807) is 21.8 Å². The molecule has 122 valence electrons. The van der Waals surface area contributed by atoms with Crippen LogP contribution in [0.15, 0.2) is 48.8 Å². The Kier molecular flexibility index (Phi) is 3.39. The van der Waals surface area contributed by atoms with Gasteiger partial charge < -0.3 is 10.0 Å². The highest BCUT2D eigenvalue weighted by molar-refractivity contribution is 5.92. The Balaban J connectivity index is 1.52. The van der Waals surface area contributed by atoms with Crippen molar-refractivity contribution in [3.05, 3.63) is 60.2 Å². The fourth-order valence-corrected chi connectivity index (χ4v) is 2.93. The summed E-state index contributed by atoms with van der Waals surface area (Å²) in [4.78, 5) is 14.2. The van der Waals surface area contributed by atoms with Crippen LogP contribution in [0.2, 0.25) is 0 Å². The molecule has 0 radical (unpaired) electrons. The molecule has 1 aromatic carbocycles. The highest BCUT2D eigenvalue weighted by Crippen LogP contribution is 2.30. The summed E-state index contributed by atoms with van der Waals surface area (Å²) in [7, 11) is 0. The first-order valence-electron chi connectivity index (χ1n) is 7.65. The van der Waals surface area contributed by atoms with E-state index < -0.39 is 5.60 Å². The van der Waals surface area contributed by atoms with Gasteiger partial charge in [0, 0.05) is 19.2 Å². The van der Waals surface area contributed by atoms with Crippen LogP contribution in [0.3, 0.4) is 0 Å². The Morgan fingerprint density at radius 2 is 2.08 bits per heavy atom. The van der Waals surface area contributed by atoms with Crippen molar-refractivity contribution in [3.63, 3.8) is 0 Å². The summed E-state index contributed by atoms with van der Waals surface area (Å²) in [6.45, 7) is 0.622. The maximum absolute atomic E-state index is 12.6. The largest absolute Gasteiger partial charge is 0.381 e. The first-order chi connectivity index (χ1) is 11.7. The van der Waals surface area contributed by atoms with Crippen molar-refractivity contribution in [2.24, 2.45) is 0 Å². The molecule has 1 saturated heterocycles. The molecule has 1 amide bonds. The van der Waals surface area contributed by atoms with Gasteiger partial charge in [-0.3, -0.25) is 4.79 Å². The fraction of sp³-hybridized carbons (Fsp3) is 0.250. The fourth-order valence-electron chi connectivity index (χ4n) is 2.93. The maximum Gasteiger partial charge on any atom is 0.274 e. The number of para-hydroxylation sites is 1. The average molecular weight is 324 g/mol. The van der Waals surface area contributed by atoms with E-state index in [0.717, 1.165) is 5.69 Å². The van der Waals surface area contributed by atoms with Gasteiger partial charge in [-0.2, -0.15) is 20.5 Å². The van der Waals surface area contributed by atoms with E-state index >= 15 is 0 Å². The number of rotatable bonds is 3. The maximum atomic E-state index is 12.6. The second kappa shape index (κ2) is 5.57. The van der Waals surface area contributed by atoms with Crippen LogP contribution in [0, 0.1) is 0 Å². The molecule has 0 bridgehead atoms. The van der Waals surface area contributed by atoms with Crippen molar-refractivity contribution in [1.29, 1.82) is 0 Å². The minimum Gasteiger partial charge on any atom is -0.381 e. The van der Waals surface area contributed by atoms with Gasteiger partial charge in [0.2, 0.25) is 0 Å². The standard InChI is InChI=1S/C16H16N6O2/c23-15(13-6-8-22(19-13)12-4-2-1-3-5-12)21-9-7-16(24,11-21)14-10-17-20-18-14/h1-6,8,10,24H,7,9,11H2,(H,17,18,20)/t16-/m1/s1. The van der Waals surface area contributed by atoms with E-state index in [1.165, 1.54) is 6.20 Å². The molecule has 8 nitrogen and oxygen atoms in total. The molecule has 3 aromatic rings. The van der Waals surface area contributed by atoms with Crippen molar-refractivity contribution in [3.8, 4) is 5.69 Å². The molecule has 2 aromatic heterocycles. The van der Waals surface area contributed by atoms with Crippen molar-refractivity contribution in [1.82, 2.24) is 30.1 Å². The number of nitrogens with zero attached hydrogens (tertiary/aromatic N) is 5. The van der Waals surface area contributed by atoms with Crippen LogP contribution in [0.4, 0.5) is 0 Å². The summed E-state index contributed by atoms with van der Waals surface area (Å²) >= 11 is 0. The summed E-state index contributed by atoms with van der Waals surface area (Å²) in [6.07, 6.45) is 3.66. The van der Waals surface area contributed by atoms with Crippen molar-refractivity contribution < 1.29 is 9.90 Å². The van der Waals surface area contributed by atoms with Crippen LogP contribution in [-0.2, 0) is 5.60 Å². The molecule has 1 aliphatic rings. The number of aromatic amines is 1. The van der Waals surface area contributed by atoms with Gasteiger partial charge in [0.15, 0.2) is 5.69 Å². The number of likely N-dealkylation sites (tertiary alicyclic amines) is 1. The van der Waals surface area contributed by atoms with Gasteiger partial charge in [-0.1, -0.05) is 18.2 Å². The highest BCUT2D eigenvalue weighted by atomic mass is 16.3. The third-order valence-electron chi connectivity index (χ3n) is 4.26. The SMILES string of the molecule is O=C(c1ccn(-c2ccccc2)n1)N1CC[C@](O)(c2cn[nH]n2)C1. The summed E-state index contributed by atoms with van der Waals surface area (Å²) in [5.74, 6) is -0.205. The van der Waals surface area contributed by atoms with Crippen molar-refractivity contribution >= 4 is 5.91 Å². The molecule has 2 N–H and O–H groups in total. The molecular weight excluding hydrogens is 308 g/mol. The quantitative estimate of drug-likeness (QED) is 0.739. The molecule has 24 heavy (non-hydrogen) atoms. The van der Waals surface area contributed by atoms with Crippen LogP contribution in [-0.4, -0.2) is 54.2 Å². The Hall–Kier alpha value is -3.00. The molecule has 1 fully saturated rings. The van der Waals surface area contributed by atoms with Crippen molar-refractivity contribution in [2.75, 3.05) is 13.1 Å². The van der Waals surface area contributed by atoms with Gasteiger partial charge >= 0.3 is 0 Å². The van der Waals surface area contributed by atoms with E-state index in [4.69, 9.17) is 0 Å². The molecule has 3 heterocycles. The third-order valence-corrected chi connectivity index (χ3v) is 4.26. The Labute approximate surface area is 137 Å². The van der Waals surface area contributed by atoms with E-state index in [0.29, 0.717) is 24.4 Å². The second-order valence-corrected chi connectivity index (χ2v) is 5.84. The number of hydrogen-bond acceptors (Lipinski definition) is 5. The first-order valence-corrected chi connectivity index (χ1v) is 7.65. The van der Waals surface area contributed by atoms with Crippen LogP contribution in [0.1, 0.15) is 22.6 Å². The summed E-state index contributed by atoms with van der Waals surface area (Å²) in [5.41, 5.74) is 0.526. The van der Waals surface area contributed by atoms with Gasteiger partial charge in [-0.15, -0.1) is 0 Å². The zero-order valence-corrected chi connectivity index (χ0v) is 12.8. The highest BCUT2D eigenvalue weighted by Gasteiger charge is 2.42. The lowest BCUT2D eigenvalue weighted by atomic mass is 10.00. The molecule has 0 saturated carbocycles. The van der Waals surface area contributed by atoms with Crippen molar-refractivity contribution in [2.45, 2.75) is 12.0 Å². The Bertz CT molecular complexity index is 845. The Morgan fingerprint density at radius 3 is 2.83 bits per heavy atom. The van der Waals surface area contributed by atoms with Gasteiger partial charge in [0.05, 0.1) is 18.4 Å². The monoisotopic (exact) mass is 324 g/mol. The molecule has 0 aliphatic carbocycles. The predicted octanol–water partition coefficient (Wildman–Crippen LogP) is 0.724. The number of carbonyl (C=O) groups excluding carboxylic acids is 1. The lowest BCUT2D eigenvalue weighted by Gasteiger charge is -2.20. The second-order valence-electron chi connectivity index (χ2n) is 5.84. The number of amides is 1. The van der Waals surface area contributed by atoms with Crippen LogP contribution in [0.25, 0.3) is 5.69 Å². The topological polar surface area (TPSA) is 99.9 Å². The van der Waals surface area contributed by atoms with Crippen LogP contribution in [0.5, 0.6) is 0 Å². The van der Waals surface area contributed by atoms with Gasteiger partial charge in [0.1, 0.15) is 11.3 Å². The minimum atomic E-state index is -1.16. The number of H-pyrrole nitrogens is 1. The number of carbonyl (C=O) groups is 1. The zero-order chi connectivity index (χ0) is 16.6. The third kappa shape index (κ3) is 2.46. The molecular formula is C16H16N6O2. The Morgan fingerprint density at radius 1 is 1.25 bits per heavy atom. The molecule has 8 heteroatoms. The summed E-state index contributed by atoms with van der Waals surface area (Å²) in [6, 6.07) is 11.3. The lowest BCUT2D eigenvalue weighted by Crippen LogP contribution is -2.34. The van der Waals surface area contributed by atoms with E-state index in [-0.39, 0.29) is 12.5 Å². The number of hydrogen-bond donors (Lipinski definition) is 2. The first kappa shape index (κ1) is 14.6. The van der Waals surface area contributed by atoms with E-state index in [2.05, 4.69) is 20.5 Å². The number of aromatic nitrogens is 5. The number of aliphatic hydroxyl groups is 1. The normalized spacial score (nSPS) is 20.5. The van der Waals surface area contributed by atoms with Crippen LogP contribution < -0.4 is 0 Å². The minimum absolute atomic E-state index is 0.177. The van der Waals surface area contributed by atoms with Gasteiger partial charge in [-0.25, -0.2) is 4.68 Å². The smallest absolute Gasteiger partial charge is 0.274 e. The average Bonchev–Trinajstić information content (AvgIpc) is 3.36. The molecule has 4 rings (SSSR count). The number of β-amino-alcohol motifs (C(OH)–C–C–N with tert-alkyl or cyclic N) is 1. The molecule has 0 unspecified atom stereocenters.